The van der Waals surface area contributed by atoms with Crippen molar-refractivity contribution in [3.8, 4) is 5.75 Å². The first-order chi connectivity index (χ1) is 15.7. The predicted molar refractivity (Wildman–Crippen MR) is 118 cm³/mol. The van der Waals surface area contributed by atoms with Crippen LogP contribution >= 0.6 is 0 Å². The van der Waals surface area contributed by atoms with Crippen molar-refractivity contribution in [1.29, 1.82) is 0 Å². The van der Waals surface area contributed by atoms with Crippen LogP contribution in [0.2, 0.25) is 0 Å². The lowest BCUT2D eigenvalue weighted by Crippen LogP contribution is -2.33. The Labute approximate surface area is 188 Å². The summed E-state index contributed by atoms with van der Waals surface area (Å²) in [4.78, 5) is 17.5. The monoisotopic (exact) mass is 457 g/mol. The molecular weight excluding hydrogens is 435 g/mol. The molecule has 0 saturated carbocycles. The number of alkyl halides is 3. The molecule has 1 unspecified atom stereocenters. The van der Waals surface area contributed by atoms with E-state index in [-0.39, 0.29) is 18.2 Å². The maximum absolute atomic E-state index is 13.1. The van der Waals surface area contributed by atoms with Gasteiger partial charge in [-0.15, -0.1) is 0 Å². The number of carboxylic acids is 1. The molecule has 1 aliphatic rings. The molecule has 1 aliphatic heterocycles. The lowest BCUT2D eigenvalue weighted by molar-refractivity contribution is -0.137. The predicted octanol–water partition coefficient (Wildman–Crippen LogP) is 5.37. The van der Waals surface area contributed by atoms with Crippen molar-refractivity contribution in [2.45, 2.75) is 25.7 Å². The number of rotatable bonds is 6. The van der Waals surface area contributed by atoms with Crippen molar-refractivity contribution in [2.75, 3.05) is 23.4 Å². The summed E-state index contributed by atoms with van der Waals surface area (Å²) in [5, 5.41) is 12.4. The number of anilines is 2. The summed E-state index contributed by atoms with van der Waals surface area (Å²) in [6.45, 7) is 3.08. The summed E-state index contributed by atoms with van der Waals surface area (Å²) in [6, 6.07) is 13.3. The number of hydrogen-bond acceptors (Lipinski definition) is 5. The Kier molecular flexibility index (Phi) is 6.13. The average Bonchev–Trinajstić information content (AvgIpc) is 2.79. The van der Waals surface area contributed by atoms with Crippen molar-refractivity contribution in [1.82, 2.24) is 4.98 Å². The highest BCUT2D eigenvalue weighted by Gasteiger charge is 2.31. The van der Waals surface area contributed by atoms with Crippen LogP contribution in [0.15, 0.2) is 60.8 Å². The minimum Gasteiger partial charge on any atom is -0.489 e. The van der Waals surface area contributed by atoms with Gasteiger partial charge in [-0.2, -0.15) is 13.2 Å². The van der Waals surface area contributed by atoms with Gasteiger partial charge in [-0.05, 0) is 42.3 Å². The number of nitrogens with zero attached hydrogens (tertiary/aromatic N) is 2. The van der Waals surface area contributed by atoms with Gasteiger partial charge in [-0.3, -0.25) is 0 Å². The van der Waals surface area contributed by atoms with Gasteiger partial charge in [0.25, 0.3) is 0 Å². The lowest BCUT2D eigenvalue weighted by atomic mass is 10.1. The van der Waals surface area contributed by atoms with Gasteiger partial charge in [0.15, 0.2) is 5.82 Å². The number of ether oxygens (including phenoxy) is 1. The molecule has 0 radical (unpaired) electrons. The number of fused-ring (bicyclic) bond motifs is 1. The van der Waals surface area contributed by atoms with Gasteiger partial charge in [0.1, 0.15) is 18.0 Å². The Balaban J connectivity index is 1.59. The summed E-state index contributed by atoms with van der Waals surface area (Å²) in [7, 11) is 0. The Hall–Kier alpha value is -3.75. The van der Waals surface area contributed by atoms with E-state index in [0.29, 0.717) is 36.0 Å². The molecule has 2 aromatic carbocycles. The summed E-state index contributed by atoms with van der Waals surface area (Å²) in [6.07, 6.45) is -2.80. The average molecular weight is 457 g/mol. The van der Waals surface area contributed by atoms with Crippen LogP contribution in [0.25, 0.3) is 0 Å². The van der Waals surface area contributed by atoms with Crippen LogP contribution in [-0.4, -0.2) is 29.2 Å². The highest BCUT2D eigenvalue weighted by molar-refractivity contribution is 5.87. The molecule has 0 aliphatic carbocycles. The molecule has 0 saturated heterocycles. The molecule has 6 nitrogen and oxygen atoms in total. The number of aromatic carboxylic acids is 1. The third kappa shape index (κ3) is 5.02. The normalized spacial score (nSPS) is 14.2. The van der Waals surface area contributed by atoms with Crippen molar-refractivity contribution < 1.29 is 27.8 Å². The Morgan fingerprint density at radius 3 is 2.67 bits per heavy atom. The fourth-order valence-corrected chi connectivity index (χ4v) is 3.77. The van der Waals surface area contributed by atoms with Crippen LogP contribution in [-0.2, 0) is 12.7 Å². The summed E-state index contributed by atoms with van der Waals surface area (Å²) in [5.74, 6) is 0.136. The second-order valence-corrected chi connectivity index (χ2v) is 7.77. The molecule has 4 rings (SSSR count). The number of pyridine rings is 1. The van der Waals surface area contributed by atoms with Gasteiger partial charge < -0.3 is 20.1 Å². The fourth-order valence-electron chi connectivity index (χ4n) is 3.77. The van der Waals surface area contributed by atoms with Gasteiger partial charge >= 0.3 is 12.1 Å². The molecule has 0 fully saturated rings. The molecule has 0 amide bonds. The Morgan fingerprint density at radius 2 is 1.97 bits per heavy atom. The zero-order valence-corrected chi connectivity index (χ0v) is 17.8. The summed E-state index contributed by atoms with van der Waals surface area (Å²) < 4.78 is 45.2. The Bertz CT molecular complexity index is 1150. The second-order valence-electron chi connectivity index (χ2n) is 7.77. The number of carbonyl (C=O) groups is 1. The van der Waals surface area contributed by atoms with E-state index in [1.165, 1.54) is 18.2 Å². The molecule has 33 heavy (non-hydrogen) atoms. The van der Waals surface area contributed by atoms with Gasteiger partial charge in [0.05, 0.1) is 23.7 Å². The highest BCUT2D eigenvalue weighted by Crippen LogP contribution is 2.39. The van der Waals surface area contributed by atoms with E-state index in [1.54, 1.807) is 30.5 Å². The molecular formula is C24H22F3N3O3. The van der Waals surface area contributed by atoms with E-state index >= 15 is 0 Å². The third-order valence-electron chi connectivity index (χ3n) is 5.46. The van der Waals surface area contributed by atoms with Gasteiger partial charge in [0, 0.05) is 18.8 Å². The number of nitrogens with one attached hydrogen (secondary N) is 1. The molecule has 1 aromatic heterocycles. The molecule has 2 heterocycles. The van der Waals surface area contributed by atoms with Crippen molar-refractivity contribution >= 4 is 17.5 Å². The Morgan fingerprint density at radius 1 is 1.21 bits per heavy atom. The topological polar surface area (TPSA) is 74.7 Å². The number of carboxylic acid groups (broad SMARTS) is 1. The van der Waals surface area contributed by atoms with Crippen LogP contribution in [0.4, 0.5) is 24.7 Å². The summed E-state index contributed by atoms with van der Waals surface area (Å²) in [5.41, 5.74) is 1.58. The first-order valence-electron chi connectivity index (χ1n) is 10.3. The molecule has 2 N–H and O–H groups in total. The molecule has 0 spiro atoms. The van der Waals surface area contributed by atoms with Gasteiger partial charge in [0.2, 0.25) is 0 Å². The van der Waals surface area contributed by atoms with E-state index < -0.39 is 17.7 Å². The minimum atomic E-state index is -4.40. The van der Waals surface area contributed by atoms with Gasteiger partial charge in [-0.1, -0.05) is 24.3 Å². The number of benzene rings is 2. The van der Waals surface area contributed by atoms with Crippen molar-refractivity contribution in [2.24, 2.45) is 0 Å². The quantitative estimate of drug-likeness (QED) is 0.518. The van der Waals surface area contributed by atoms with E-state index in [4.69, 9.17) is 9.84 Å². The molecule has 1 atom stereocenters. The van der Waals surface area contributed by atoms with E-state index in [9.17, 15) is 18.0 Å². The van der Waals surface area contributed by atoms with Crippen LogP contribution < -0.4 is 15.0 Å². The highest BCUT2D eigenvalue weighted by atomic mass is 19.4. The maximum Gasteiger partial charge on any atom is 0.416 e. The van der Waals surface area contributed by atoms with Crippen LogP contribution in [0.3, 0.4) is 0 Å². The van der Waals surface area contributed by atoms with Crippen molar-refractivity contribution in [3.63, 3.8) is 0 Å². The standard InChI is InChI=1S/C24H22F3N3O3/c1-15(17-5-7-18(8-6-17)23(31)32)29-22-21-20(9-10-28-22)33-12-11-30(21)14-16-3-2-4-19(13-16)24(25,26)27/h2-10,13,15H,11-12,14H2,1H3,(H,28,29)(H,31,32). The molecule has 172 valence electrons. The van der Waals surface area contributed by atoms with E-state index in [1.807, 2.05) is 11.8 Å². The largest absolute Gasteiger partial charge is 0.489 e. The van der Waals surface area contributed by atoms with E-state index in [0.717, 1.165) is 17.7 Å². The van der Waals surface area contributed by atoms with Crippen LogP contribution in [0.1, 0.15) is 40.0 Å². The number of hydrogen-bond donors (Lipinski definition) is 2. The maximum atomic E-state index is 13.1. The molecule has 9 heteroatoms. The zero-order valence-electron chi connectivity index (χ0n) is 17.8. The fraction of sp³-hybridized carbons (Fsp3) is 0.250. The first kappa shape index (κ1) is 22.4. The number of aromatic nitrogens is 1. The smallest absolute Gasteiger partial charge is 0.416 e. The lowest BCUT2D eigenvalue weighted by Gasteiger charge is -2.33. The first-order valence-corrected chi connectivity index (χ1v) is 10.3. The third-order valence-corrected chi connectivity index (χ3v) is 5.46. The zero-order chi connectivity index (χ0) is 23.6. The second kappa shape index (κ2) is 9.01. The van der Waals surface area contributed by atoms with Crippen LogP contribution in [0.5, 0.6) is 5.75 Å². The minimum absolute atomic E-state index is 0.196. The van der Waals surface area contributed by atoms with Gasteiger partial charge in [-0.25, -0.2) is 9.78 Å². The van der Waals surface area contributed by atoms with Crippen molar-refractivity contribution in [3.05, 3.63) is 83.0 Å². The summed E-state index contributed by atoms with van der Waals surface area (Å²) >= 11 is 0. The molecule has 0 bridgehead atoms. The SMILES string of the molecule is CC(Nc1nccc2c1N(Cc1cccc(C(F)(F)F)c1)CCO2)c1ccc(C(=O)O)cc1. The van der Waals surface area contributed by atoms with E-state index in [2.05, 4.69) is 10.3 Å². The number of halogens is 3. The molecule has 3 aromatic rings. The van der Waals surface area contributed by atoms with Crippen LogP contribution in [0, 0.1) is 0 Å².